The van der Waals surface area contributed by atoms with Crippen molar-refractivity contribution >= 4 is 22.5 Å². The molecule has 0 aliphatic heterocycles. The van der Waals surface area contributed by atoms with E-state index < -0.39 is 5.60 Å². The van der Waals surface area contributed by atoms with Gasteiger partial charge in [0, 0.05) is 40.9 Å². The first-order valence-corrected chi connectivity index (χ1v) is 10.9. The van der Waals surface area contributed by atoms with Gasteiger partial charge in [-0.15, -0.1) is 0 Å². The van der Waals surface area contributed by atoms with Crippen LogP contribution in [0, 0.1) is 12.8 Å². The number of rotatable bonds is 9. The van der Waals surface area contributed by atoms with E-state index >= 15 is 0 Å². The third-order valence-electron chi connectivity index (χ3n) is 5.55. The second-order valence-electron chi connectivity index (χ2n) is 9.14. The van der Waals surface area contributed by atoms with Crippen molar-refractivity contribution in [2.24, 2.45) is 5.92 Å². The fraction of sp³-hybridized carbons (Fsp3) is 0.400. The number of aromatic nitrogens is 1. The summed E-state index contributed by atoms with van der Waals surface area (Å²) >= 11 is 0. The summed E-state index contributed by atoms with van der Waals surface area (Å²) in [5.41, 5.74) is 3.71. The molecule has 0 radical (unpaired) electrons. The van der Waals surface area contributed by atoms with Crippen LogP contribution < -0.4 is 15.4 Å². The Morgan fingerprint density at radius 2 is 1.94 bits per heavy atom. The molecular weight excluding hydrogens is 390 g/mol. The first kappa shape index (κ1) is 21.4. The molecule has 0 unspecified atom stereocenters. The lowest BCUT2D eigenvalue weighted by Crippen LogP contribution is -2.34. The topological polar surface area (TPSA) is 86.4 Å². The molecular formula is C25H31N3O3. The normalized spacial score (nSPS) is 14.1. The largest absolute Gasteiger partial charge is 0.493 e. The molecule has 4 rings (SSSR count). The molecule has 1 fully saturated rings. The van der Waals surface area contributed by atoms with E-state index in [2.05, 4.69) is 21.7 Å². The number of H-pyrrole nitrogens is 1. The van der Waals surface area contributed by atoms with Crippen LogP contribution in [-0.4, -0.2) is 34.8 Å². The summed E-state index contributed by atoms with van der Waals surface area (Å²) in [6.45, 7) is 7.46. The van der Waals surface area contributed by atoms with Gasteiger partial charge in [0.05, 0.1) is 12.2 Å². The Bertz CT molecular complexity index is 1060. The molecule has 0 bridgehead atoms. The highest BCUT2D eigenvalue weighted by Crippen LogP contribution is 2.30. The SMILES string of the molecule is Cc1c(NC(=O)c2ccc(OCC3CC3)cc2)ccc2[nH]c(CNCC(C)(C)O)cc12. The minimum Gasteiger partial charge on any atom is -0.493 e. The number of aliphatic hydroxyl groups is 1. The summed E-state index contributed by atoms with van der Waals surface area (Å²) in [5, 5.41) is 17.2. The molecule has 0 saturated heterocycles. The van der Waals surface area contributed by atoms with Crippen molar-refractivity contribution in [3.05, 3.63) is 59.3 Å². The predicted octanol–water partition coefficient (Wildman–Crippen LogP) is 4.38. The Morgan fingerprint density at radius 1 is 1.19 bits per heavy atom. The van der Waals surface area contributed by atoms with E-state index in [4.69, 9.17) is 4.74 Å². The van der Waals surface area contributed by atoms with Crippen LogP contribution in [-0.2, 0) is 6.54 Å². The molecule has 3 aromatic rings. The maximum Gasteiger partial charge on any atom is 0.255 e. The van der Waals surface area contributed by atoms with Gasteiger partial charge in [0.15, 0.2) is 0 Å². The van der Waals surface area contributed by atoms with Crippen LogP contribution in [0.3, 0.4) is 0 Å². The first-order chi connectivity index (χ1) is 14.8. The van der Waals surface area contributed by atoms with Crippen LogP contribution in [0.25, 0.3) is 10.9 Å². The van der Waals surface area contributed by atoms with Crippen LogP contribution in [0.5, 0.6) is 5.75 Å². The van der Waals surface area contributed by atoms with Crippen LogP contribution >= 0.6 is 0 Å². The Labute approximate surface area is 183 Å². The van der Waals surface area contributed by atoms with Gasteiger partial charge in [-0.25, -0.2) is 0 Å². The van der Waals surface area contributed by atoms with Crippen molar-refractivity contribution in [2.45, 2.75) is 45.8 Å². The molecule has 0 spiro atoms. The number of nitrogens with one attached hydrogen (secondary N) is 3. The minimum atomic E-state index is -0.749. The molecule has 164 valence electrons. The van der Waals surface area contributed by atoms with Gasteiger partial charge in [-0.3, -0.25) is 4.79 Å². The lowest BCUT2D eigenvalue weighted by Gasteiger charge is -2.17. The van der Waals surface area contributed by atoms with Crippen LogP contribution in [0.1, 0.15) is 48.3 Å². The van der Waals surface area contributed by atoms with E-state index in [1.807, 2.05) is 31.2 Å². The van der Waals surface area contributed by atoms with Gasteiger partial charge in [-0.05, 0) is 87.6 Å². The fourth-order valence-electron chi connectivity index (χ4n) is 3.54. The monoisotopic (exact) mass is 421 g/mol. The van der Waals surface area contributed by atoms with Gasteiger partial charge in [0.1, 0.15) is 5.75 Å². The second-order valence-corrected chi connectivity index (χ2v) is 9.14. The summed E-state index contributed by atoms with van der Waals surface area (Å²) in [6.07, 6.45) is 2.51. The maximum atomic E-state index is 12.7. The quantitative estimate of drug-likeness (QED) is 0.413. The fourth-order valence-corrected chi connectivity index (χ4v) is 3.54. The number of ether oxygens (including phenoxy) is 1. The lowest BCUT2D eigenvalue weighted by molar-refractivity contribution is 0.0794. The Kier molecular flexibility index (Phi) is 6.03. The first-order valence-electron chi connectivity index (χ1n) is 10.9. The van der Waals surface area contributed by atoms with Gasteiger partial charge < -0.3 is 25.5 Å². The summed E-state index contributed by atoms with van der Waals surface area (Å²) in [4.78, 5) is 16.1. The van der Waals surface area contributed by atoms with Crippen LogP contribution in [0.2, 0.25) is 0 Å². The summed E-state index contributed by atoms with van der Waals surface area (Å²) < 4.78 is 5.74. The van der Waals surface area contributed by atoms with E-state index in [1.54, 1.807) is 26.0 Å². The van der Waals surface area contributed by atoms with Gasteiger partial charge in [-0.2, -0.15) is 0 Å². The molecule has 0 atom stereocenters. The lowest BCUT2D eigenvalue weighted by atomic mass is 10.1. The van der Waals surface area contributed by atoms with E-state index in [0.29, 0.717) is 24.6 Å². The number of amides is 1. The van der Waals surface area contributed by atoms with E-state index in [1.165, 1.54) is 12.8 Å². The number of benzene rings is 2. The molecule has 31 heavy (non-hydrogen) atoms. The van der Waals surface area contributed by atoms with Crippen molar-refractivity contribution < 1.29 is 14.6 Å². The number of anilines is 1. The highest BCUT2D eigenvalue weighted by molar-refractivity contribution is 6.06. The highest BCUT2D eigenvalue weighted by atomic mass is 16.5. The van der Waals surface area contributed by atoms with Crippen LogP contribution in [0.15, 0.2) is 42.5 Å². The highest BCUT2D eigenvalue weighted by Gasteiger charge is 2.22. The van der Waals surface area contributed by atoms with Crippen molar-refractivity contribution in [3.63, 3.8) is 0 Å². The van der Waals surface area contributed by atoms with E-state index in [0.717, 1.165) is 40.2 Å². The Hall–Kier alpha value is -2.83. The molecule has 1 aliphatic carbocycles. The molecule has 1 saturated carbocycles. The van der Waals surface area contributed by atoms with E-state index in [9.17, 15) is 9.90 Å². The molecule has 1 amide bonds. The average molecular weight is 422 g/mol. The van der Waals surface area contributed by atoms with Gasteiger partial charge >= 0.3 is 0 Å². The zero-order valence-electron chi connectivity index (χ0n) is 18.4. The Balaban J connectivity index is 1.41. The molecule has 6 heteroatoms. The number of fused-ring (bicyclic) bond motifs is 1. The van der Waals surface area contributed by atoms with Crippen LogP contribution in [0.4, 0.5) is 5.69 Å². The number of aromatic amines is 1. The molecule has 1 heterocycles. The minimum absolute atomic E-state index is 0.140. The average Bonchev–Trinajstić information content (AvgIpc) is 3.46. The van der Waals surface area contributed by atoms with Crippen molar-refractivity contribution in [3.8, 4) is 5.75 Å². The summed E-state index contributed by atoms with van der Waals surface area (Å²) in [7, 11) is 0. The number of carbonyl (C=O) groups excluding carboxylic acids is 1. The molecule has 1 aromatic heterocycles. The smallest absolute Gasteiger partial charge is 0.255 e. The number of hydrogen-bond donors (Lipinski definition) is 4. The van der Waals surface area contributed by atoms with Gasteiger partial charge in [0.2, 0.25) is 0 Å². The molecule has 2 aromatic carbocycles. The summed E-state index contributed by atoms with van der Waals surface area (Å²) in [6, 6.07) is 13.3. The number of aryl methyl sites for hydroxylation is 1. The predicted molar refractivity (Wildman–Crippen MR) is 124 cm³/mol. The Morgan fingerprint density at radius 3 is 2.61 bits per heavy atom. The van der Waals surface area contributed by atoms with Crippen molar-refractivity contribution in [2.75, 3.05) is 18.5 Å². The zero-order chi connectivity index (χ0) is 22.0. The number of hydrogen-bond acceptors (Lipinski definition) is 4. The van der Waals surface area contributed by atoms with Gasteiger partial charge in [0.25, 0.3) is 5.91 Å². The van der Waals surface area contributed by atoms with E-state index in [-0.39, 0.29) is 5.91 Å². The maximum absolute atomic E-state index is 12.7. The standard InChI is InChI=1S/C25H31N3O3/c1-16-21-12-19(13-26-15-25(2,3)30)27-23(21)11-10-22(16)28-24(29)18-6-8-20(9-7-18)31-14-17-4-5-17/h6-12,17,26-27,30H,4-5,13-15H2,1-3H3,(H,28,29). The zero-order valence-corrected chi connectivity index (χ0v) is 18.4. The molecule has 1 aliphatic rings. The third-order valence-corrected chi connectivity index (χ3v) is 5.55. The molecule has 6 nitrogen and oxygen atoms in total. The second kappa shape index (κ2) is 8.73. The molecule has 4 N–H and O–H groups in total. The third kappa shape index (κ3) is 5.66. The number of carbonyl (C=O) groups is 1. The summed E-state index contributed by atoms with van der Waals surface area (Å²) in [5.74, 6) is 1.37. The van der Waals surface area contributed by atoms with Crippen molar-refractivity contribution in [1.29, 1.82) is 0 Å². The van der Waals surface area contributed by atoms with Gasteiger partial charge in [-0.1, -0.05) is 0 Å². The van der Waals surface area contributed by atoms with Crippen molar-refractivity contribution in [1.82, 2.24) is 10.3 Å².